The van der Waals surface area contributed by atoms with Gasteiger partial charge in [-0.15, -0.1) is 0 Å². The first-order valence-electron chi connectivity index (χ1n) is 6.61. The zero-order valence-electron chi connectivity index (χ0n) is 12.5. The van der Waals surface area contributed by atoms with Gasteiger partial charge in [0.25, 0.3) is 0 Å². The Bertz CT molecular complexity index is 733. The highest BCUT2D eigenvalue weighted by Crippen LogP contribution is 2.29. The van der Waals surface area contributed by atoms with Gasteiger partial charge in [-0.3, -0.25) is 10.2 Å². The van der Waals surface area contributed by atoms with Crippen molar-refractivity contribution < 1.29 is 9.53 Å². The Morgan fingerprint density at radius 2 is 1.83 bits per heavy atom. The third-order valence-corrected chi connectivity index (χ3v) is 4.58. The average Bonchev–Trinajstić information content (AvgIpc) is 2.55. The monoisotopic (exact) mass is 368 g/mol. The minimum atomic E-state index is -0.151. The summed E-state index contributed by atoms with van der Waals surface area (Å²) in [5, 5.41) is 5.38. The molecule has 0 heterocycles. The van der Waals surface area contributed by atoms with Crippen molar-refractivity contribution in [3.8, 4) is 5.75 Å². The van der Waals surface area contributed by atoms with Crippen LogP contribution in [0.3, 0.4) is 0 Å². The maximum Gasteiger partial charge on any atom is 0.186 e. The Morgan fingerprint density at radius 1 is 1.13 bits per heavy atom. The molecule has 0 saturated carbocycles. The number of methoxy groups -OCH3 is 1. The summed E-state index contributed by atoms with van der Waals surface area (Å²) in [7, 11) is 1.60. The molecule has 2 aromatic rings. The molecule has 0 saturated heterocycles. The number of rotatable bonds is 5. The summed E-state index contributed by atoms with van der Waals surface area (Å²) in [6.07, 6.45) is 0. The fourth-order valence-electron chi connectivity index (χ4n) is 1.61. The molecule has 4 nitrogen and oxygen atoms in total. The van der Waals surface area contributed by atoms with Gasteiger partial charge < -0.3 is 4.74 Å². The lowest BCUT2D eigenvalue weighted by atomic mass is 10.3. The van der Waals surface area contributed by atoms with Crippen LogP contribution >= 0.6 is 35.0 Å². The number of hydrogen-bond donors (Lipinski definition) is 1. The van der Waals surface area contributed by atoms with E-state index < -0.39 is 0 Å². The van der Waals surface area contributed by atoms with E-state index in [1.807, 2.05) is 12.1 Å². The van der Waals surface area contributed by atoms with E-state index in [4.69, 9.17) is 27.9 Å². The largest absolute Gasteiger partial charge is 0.497 e. The van der Waals surface area contributed by atoms with Gasteiger partial charge in [-0.25, -0.2) is 0 Å². The third kappa shape index (κ3) is 5.16. The number of thioether (sulfide) groups is 1. The predicted octanol–water partition coefficient (Wildman–Crippen LogP) is 5.11. The summed E-state index contributed by atoms with van der Waals surface area (Å²) in [6.45, 7) is 1.46. The number of anilines is 1. The molecule has 0 spiro atoms. The fraction of sp³-hybridized carbons (Fsp3) is 0.125. The van der Waals surface area contributed by atoms with Crippen molar-refractivity contribution >= 4 is 51.5 Å². The molecule has 0 unspecified atom stereocenters. The highest BCUT2D eigenvalue weighted by atomic mass is 35.5. The number of ketones is 1. The maximum atomic E-state index is 11.8. The maximum absolute atomic E-state index is 11.8. The molecule has 0 bridgehead atoms. The summed E-state index contributed by atoms with van der Waals surface area (Å²) in [6, 6.07) is 12.4. The lowest BCUT2D eigenvalue weighted by Gasteiger charge is -2.06. The summed E-state index contributed by atoms with van der Waals surface area (Å²) in [5.41, 5.74) is 3.60. The van der Waals surface area contributed by atoms with Crippen molar-refractivity contribution in [2.75, 3.05) is 12.5 Å². The van der Waals surface area contributed by atoms with Gasteiger partial charge in [-0.05, 0) is 42.5 Å². The Kier molecular flexibility index (Phi) is 6.33. The van der Waals surface area contributed by atoms with E-state index in [0.29, 0.717) is 15.1 Å². The third-order valence-electron chi connectivity index (χ3n) is 2.78. The van der Waals surface area contributed by atoms with Crippen LogP contribution in [0.1, 0.15) is 6.92 Å². The van der Waals surface area contributed by atoms with Gasteiger partial charge in [0.1, 0.15) is 5.75 Å². The normalized spacial score (nSPS) is 11.2. The van der Waals surface area contributed by atoms with Gasteiger partial charge in [-0.2, -0.15) is 5.10 Å². The van der Waals surface area contributed by atoms with Crippen molar-refractivity contribution in [3.05, 3.63) is 52.5 Å². The number of nitrogens with zero attached hydrogens (tertiary/aromatic N) is 1. The van der Waals surface area contributed by atoms with Crippen LogP contribution in [0.5, 0.6) is 5.75 Å². The number of Topliss-reactive ketones (excluding diaryl/α,β-unsaturated/α-hetero) is 1. The van der Waals surface area contributed by atoms with Crippen molar-refractivity contribution in [1.29, 1.82) is 0 Å². The Balaban J connectivity index is 2.13. The van der Waals surface area contributed by atoms with Gasteiger partial charge >= 0.3 is 0 Å². The summed E-state index contributed by atoms with van der Waals surface area (Å²) < 4.78 is 5.09. The second kappa shape index (κ2) is 8.24. The Labute approximate surface area is 148 Å². The first-order valence-corrected chi connectivity index (χ1v) is 8.18. The van der Waals surface area contributed by atoms with Crippen LogP contribution in [0, 0.1) is 0 Å². The van der Waals surface area contributed by atoms with Gasteiger partial charge in [-0.1, -0.05) is 35.0 Å². The van der Waals surface area contributed by atoms with Crippen molar-refractivity contribution in [1.82, 2.24) is 0 Å². The Morgan fingerprint density at radius 3 is 2.39 bits per heavy atom. The smallest absolute Gasteiger partial charge is 0.186 e. The van der Waals surface area contributed by atoms with E-state index >= 15 is 0 Å². The molecule has 2 aromatic carbocycles. The van der Waals surface area contributed by atoms with Crippen molar-refractivity contribution in [2.45, 2.75) is 11.8 Å². The van der Waals surface area contributed by atoms with Crippen LogP contribution in [0.25, 0.3) is 0 Å². The molecule has 0 aliphatic heterocycles. The molecule has 0 fully saturated rings. The summed E-state index contributed by atoms with van der Waals surface area (Å²) in [5.74, 6) is 0.596. The number of ether oxygens (including phenoxy) is 1. The van der Waals surface area contributed by atoms with Gasteiger partial charge in [0.05, 0.1) is 22.8 Å². The SMILES string of the molecule is COc1ccc(NN=C(Sc2ccc(Cl)c(Cl)c2)C(C)=O)cc1. The molecular weight excluding hydrogens is 355 g/mol. The van der Waals surface area contributed by atoms with Crippen molar-refractivity contribution in [2.24, 2.45) is 5.10 Å². The summed E-state index contributed by atoms with van der Waals surface area (Å²) in [4.78, 5) is 12.5. The molecular formula is C16H14Cl2N2O2S. The second-order valence-electron chi connectivity index (χ2n) is 4.49. The van der Waals surface area contributed by atoms with E-state index in [1.54, 1.807) is 37.4 Å². The van der Waals surface area contributed by atoms with Crippen LogP contribution in [0.15, 0.2) is 52.5 Å². The first kappa shape index (κ1) is 17.7. The van der Waals surface area contributed by atoms with Crippen LogP contribution in [0.2, 0.25) is 10.0 Å². The van der Waals surface area contributed by atoms with Crippen LogP contribution in [0.4, 0.5) is 5.69 Å². The standard InChI is InChI=1S/C16H14Cl2N2O2S/c1-10(21)16(23-13-7-8-14(17)15(18)9-13)20-19-11-3-5-12(22-2)6-4-11/h3-9,19H,1-2H3. The van der Waals surface area contributed by atoms with Gasteiger partial charge in [0.2, 0.25) is 0 Å². The molecule has 0 aromatic heterocycles. The van der Waals surface area contributed by atoms with Crippen LogP contribution in [-0.2, 0) is 4.79 Å². The molecule has 2 rings (SSSR count). The zero-order valence-corrected chi connectivity index (χ0v) is 14.8. The number of carbonyl (C=O) groups is 1. The summed E-state index contributed by atoms with van der Waals surface area (Å²) >= 11 is 13.1. The molecule has 7 heteroatoms. The molecule has 0 aliphatic rings. The minimum Gasteiger partial charge on any atom is -0.497 e. The number of hydrogen-bond acceptors (Lipinski definition) is 5. The molecule has 0 aliphatic carbocycles. The topological polar surface area (TPSA) is 50.7 Å². The van der Waals surface area contributed by atoms with E-state index in [0.717, 1.165) is 16.3 Å². The predicted molar refractivity (Wildman–Crippen MR) is 97.1 cm³/mol. The van der Waals surface area contributed by atoms with Crippen molar-refractivity contribution in [3.63, 3.8) is 0 Å². The molecule has 120 valence electrons. The molecule has 1 N–H and O–H groups in total. The number of benzene rings is 2. The highest BCUT2D eigenvalue weighted by molar-refractivity contribution is 8.15. The van der Waals surface area contributed by atoms with Crippen LogP contribution in [-0.4, -0.2) is 17.9 Å². The van der Waals surface area contributed by atoms with Gasteiger partial charge in [0, 0.05) is 11.8 Å². The molecule has 0 radical (unpaired) electrons. The minimum absolute atomic E-state index is 0.151. The highest BCUT2D eigenvalue weighted by Gasteiger charge is 2.10. The molecule has 0 amide bonds. The average molecular weight is 369 g/mol. The zero-order chi connectivity index (χ0) is 16.8. The number of halogens is 2. The number of hydrazone groups is 1. The number of carbonyl (C=O) groups excluding carboxylic acids is 1. The van der Waals surface area contributed by atoms with E-state index in [9.17, 15) is 4.79 Å². The van der Waals surface area contributed by atoms with E-state index in [2.05, 4.69) is 10.5 Å². The number of nitrogens with one attached hydrogen (secondary N) is 1. The quantitative estimate of drug-likeness (QED) is 0.344. The first-order chi connectivity index (χ1) is 11.0. The molecule has 23 heavy (non-hydrogen) atoms. The van der Waals surface area contributed by atoms with E-state index in [-0.39, 0.29) is 5.78 Å². The molecule has 0 atom stereocenters. The Hall–Kier alpha value is -1.69. The lowest BCUT2D eigenvalue weighted by Crippen LogP contribution is -2.08. The van der Waals surface area contributed by atoms with Crippen LogP contribution < -0.4 is 10.2 Å². The fourth-order valence-corrected chi connectivity index (χ4v) is 2.74. The van der Waals surface area contributed by atoms with Gasteiger partial charge in [0.15, 0.2) is 10.8 Å². The van der Waals surface area contributed by atoms with E-state index in [1.165, 1.54) is 18.7 Å². The second-order valence-corrected chi connectivity index (χ2v) is 6.37. The lowest BCUT2D eigenvalue weighted by molar-refractivity contribution is -0.110.